The highest BCUT2D eigenvalue weighted by atomic mass is 16.2. The second-order valence-electron chi connectivity index (χ2n) is 6.23. The first kappa shape index (κ1) is 17.4. The van der Waals surface area contributed by atoms with Crippen LogP contribution in [0.4, 0.5) is 11.4 Å². The van der Waals surface area contributed by atoms with Gasteiger partial charge in [0, 0.05) is 22.5 Å². The molecule has 0 aliphatic carbocycles. The maximum atomic E-state index is 12.4. The molecule has 4 heteroatoms. The Kier molecular flexibility index (Phi) is 5.13. The Bertz CT molecular complexity index is 912. The number of aryl methyl sites for hydroxylation is 2. The molecule has 0 saturated carbocycles. The topological polar surface area (TPSA) is 58.2 Å². The molecule has 0 atom stereocenters. The van der Waals surface area contributed by atoms with Crippen LogP contribution in [0.25, 0.3) is 0 Å². The molecule has 4 nitrogen and oxygen atoms in total. The lowest BCUT2D eigenvalue weighted by Gasteiger charge is -2.09. The van der Waals surface area contributed by atoms with Crippen LogP contribution in [0.5, 0.6) is 0 Å². The number of amides is 2. The van der Waals surface area contributed by atoms with E-state index in [1.165, 1.54) is 0 Å². The van der Waals surface area contributed by atoms with Crippen molar-refractivity contribution in [2.45, 2.75) is 13.8 Å². The zero-order valence-electron chi connectivity index (χ0n) is 14.7. The van der Waals surface area contributed by atoms with E-state index < -0.39 is 0 Å². The normalized spacial score (nSPS) is 10.2. The fraction of sp³-hybridized carbons (Fsp3) is 0.0909. The summed E-state index contributed by atoms with van der Waals surface area (Å²) in [4.78, 5) is 24.5. The third kappa shape index (κ3) is 4.36. The van der Waals surface area contributed by atoms with Gasteiger partial charge in [0.2, 0.25) is 0 Å². The lowest BCUT2D eigenvalue weighted by molar-refractivity contribution is 0.101. The van der Waals surface area contributed by atoms with Gasteiger partial charge in [0.15, 0.2) is 0 Å². The SMILES string of the molecule is Cc1cc(C)cc(C(=O)Nc2ccc(NC(=O)c3ccccc3)cc2)c1. The molecule has 0 saturated heterocycles. The number of hydrogen-bond donors (Lipinski definition) is 2. The van der Waals surface area contributed by atoms with Crippen molar-refractivity contribution in [2.75, 3.05) is 10.6 Å². The number of carbonyl (C=O) groups excluding carboxylic acids is 2. The molecule has 0 fully saturated rings. The summed E-state index contributed by atoms with van der Waals surface area (Å²) in [5.41, 5.74) is 4.67. The van der Waals surface area contributed by atoms with Gasteiger partial charge in [-0.1, -0.05) is 35.4 Å². The molecule has 0 aromatic heterocycles. The van der Waals surface area contributed by atoms with Crippen LogP contribution in [0.1, 0.15) is 31.8 Å². The van der Waals surface area contributed by atoms with Crippen molar-refractivity contribution < 1.29 is 9.59 Å². The average Bonchev–Trinajstić information content (AvgIpc) is 2.63. The molecule has 3 aromatic carbocycles. The Morgan fingerprint density at radius 2 is 1.08 bits per heavy atom. The third-order valence-corrected chi connectivity index (χ3v) is 3.92. The summed E-state index contributed by atoms with van der Waals surface area (Å²) >= 11 is 0. The predicted molar refractivity (Wildman–Crippen MR) is 105 cm³/mol. The minimum atomic E-state index is -0.169. The lowest BCUT2D eigenvalue weighted by Crippen LogP contribution is -2.13. The van der Waals surface area contributed by atoms with Crippen molar-refractivity contribution in [1.82, 2.24) is 0 Å². The fourth-order valence-corrected chi connectivity index (χ4v) is 2.74. The largest absolute Gasteiger partial charge is 0.322 e. The van der Waals surface area contributed by atoms with Gasteiger partial charge in [-0.25, -0.2) is 0 Å². The summed E-state index contributed by atoms with van der Waals surface area (Å²) < 4.78 is 0. The number of nitrogens with one attached hydrogen (secondary N) is 2. The number of rotatable bonds is 4. The van der Waals surface area contributed by atoms with E-state index in [-0.39, 0.29) is 11.8 Å². The molecule has 3 rings (SSSR count). The van der Waals surface area contributed by atoms with E-state index in [4.69, 9.17) is 0 Å². The number of carbonyl (C=O) groups is 2. The van der Waals surface area contributed by atoms with E-state index >= 15 is 0 Å². The molecule has 3 aromatic rings. The van der Waals surface area contributed by atoms with Gasteiger partial charge in [0.1, 0.15) is 0 Å². The predicted octanol–water partition coefficient (Wildman–Crippen LogP) is 4.81. The molecule has 2 N–H and O–H groups in total. The summed E-state index contributed by atoms with van der Waals surface area (Å²) in [5, 5.41) is 5.71. The summed E-state index contributed by atoms with van der Waals surface area (Å²) in [7, 11) is 0. The van der Waals surface area contributed by atoms with Gasteiger partial charge in [-0.3, -0.25) is 9.59 Å². The number of hydrogen-bond acceptors (Lipinski definition) is 2. The minimum absolute atomic E-state index is 0.155. The first-order valence-corrected chi connectivity index (χ1v) is 8.37. The molecule has 0 bridgehead atoms. The molecular formula is C22H20N2O2. The van der Waals surface area contributed by atoms with Gasteiger partial charge in [0.25, 0.3) is 11.8 Å². The Hall–Kier alpha value is -3.40. The van der Waals surface area contributed by atoms with Crippen molar-refractivity contribution in [1.29, 1.82) is 0 Å². The molecule has 0 aliphatic heterocycles. The van der Waals surface area contributed by atoms with Crippen LogP contribution in [0.3, 0.4) is 0 Å². The number of anilines is 2. The van der Waals surface area contributed by atoms with Gasteiger partial charge in [-0.15, -0.1) is 0 Å². The second-order valence-corrected chi connectivity index (χ2v) is 6.23. The first-order valence-electron chi connectivity index (χ1n) is 8.37. The van der Waals surface area contributed by atoms with Crippen molar-refractivity contribution in [3.8, 4) is 0 Å². The molecule has 0 aliphatic rings. The van der Waals surface area contributed by atoms with Gasteiger partial charge in [-0.2, -0.15) is 0 Å². The Balaban J connectivity index is 1.66. The van der Waals surface area contributed by atoms with E-state index in [9.17, 15) is 9.59 Å². The highest BCUT2D eigenvalue weighted by molar-refractivity contribution is 6.05. The molecule has 130 valence electrons. The Labute approximate surface area is 152 Å². The Morgan fingerprint density at radius 3 is 1.58 bits per heavy atom. The van der Waals surface area contributed by atoms with Gasteiger partial charge >= 0.3 is 0 Å². The van der Waals surface area contributed by atoms with Crippen LogP contribution < -0.4 is 10.6 Å². The fourth-order valence-electron chi connectivity index (χ4n) is 2.74. The van der Waals surface area contributed by atoms with Crippen LogP contribution >= 0.6 is 0 Å². The smallest absolute Gasteiger partial charge is 0.255 e. The van der Waals surface area contributed by atoms with E-state index in [1.807, 2.05) is 50.2 Å². The lowest BCUT2D eigenvalue weighted by atomic mass is 10.1. The standard InChI is InChI=1S/C22H20N2O2/c1-15-12-16(2)14-18(13-15)22(26)24-20-10-8-19(9-11-20)23-21(25)17-6-4-3-5-7-17/h3-14H,1-2H3,(H,23,25)(H,24,26). The summed E-state index contributed by atoms with van der Waals surface area (Å²) in [5.74, 6) is -0.324. The molecule has 2 amide bonds. The molecule has 26 heavy (non-hydrogen) atoms. The second kappa shape index (κ2) is 7.66. The zero-order valence-corrected chi connectivity index (χ0v) is 14.7. The van der Waals surface area contributed by atoms with Gasteiger partial charge in [-0.05, 0) is 62.4 Å². The molecule has 0 unspecified atom stereocenters. The monoisotopic (exact) mass is 344 g/mol. The molecular weight excluding hydrogens is 324 g/mol. The highest BCUT2D eigenvalue weighted by Gasteiger charge is 2.08. The molecule has 0 spiro atoms. The third-order valence-electron chi connectivity index (χ3n) is 3.92. The van der Waals surface area contributed by atoms with Crippen molar-refractivity contribution in [2.24, 2.45) is 0 Å². The van der Waals surface area contributed by atoms with Gasteiger partial charge < -0.3 is 10.6 Å². The van der Waals surface area contributed by atoms with E-state index in [2.05, 4.69) is 10.6 Å². The van der Waals surface area contributed by atoms with Crippen molar-refractivity contribution >= 4 is 23.2 Å². The van der Waals surface area contributed by atoms with E-state index in [0.717, 1.165) is 11.1 Å². The minimum Gasteiger partial charge on any atom is -0.322 e. The summed E-state index contributed by atoms with van der Waals surface area (Å²) in [6, 6.07) is 21.8. The number of benzene rings is 3. The first-order chi connectivity index (χ1) is 12.5. The van der Waals surface area contributed by atoms with E-state index in [1.54, 1.807) is 36.4 Å². The zero-order chi connectivity index (χ0) is 18.5. The average molecular weight is 344 g/mol. The van der Waals surface area contributed by atoms with Crippen LogP contribution in [0, 0.1) is 13.8 Å². The van der Waals surface area contributed by atoms with Gasteiger partial charge in [0.05, 0.1) is 0 Å². The van der Waals surface area contributed by atoms with E-state index in [0.29, 0.717) is 22.5 Å². The highest BCUT2D eigenvalue weighted by Crippen LogP contribution is 2.17. The van der Waals surface area contributed by atoms with Crippen LogP contribution in [-0.4, -0.2) is 11.8 Å². The van der Waals surface area contributed by atoms with Crippen LogP contribution in [-0.2, 0) is 0 Å². The molecule has 0 radical (unpaired) electrons. The maximum Gasteiger partial charge on any atom is 0.255 e. The van der Waals surface area contributed by atoms with Crippen molar-refractivity contribution in [3.63, 3.8) is 0 Å². The van der Waals surface area contributed by atoms with Crippen molar-refractivity contribution in [3.05, 3.63) is 95.1 Å². The molecule has 0 heterocycles. The summed E-state index contributed by atoms with van der Waals surface area (Å²) in [6.45, 7) is 3.93. The summed E-state index contributed by atoms with van der Waals surface area (Å²) in [6.07, 6.45) is 0. The van der Waals surface area contributed by atoms with Crippen LogP contribution in [0.15, 0.2) is 72.8 Å². The maximum absolute atomic E-state index is 12.4. The Morgan fingerprint density at radius 1 is 0.615 bits per heavy atom. The quantitative estimate of drug-likeness (QED) is 0.714. The van der Waals surface area contributed by atoms with Crippen LogP contribution in [0.2, 0.25) is 0 Å².